The molecule has 0 radical (unpaired) electrons. The van der Waals surface area contributed by atoms with Crippen LogP contribution in [0.1, 0.15) is 0 Å². The zero-order valence-electron chi connectivity index (χ0n) is 9.15. The fourth-order valence-corrected chi connectivity index (χ4v) is 1.47. The number of carbonyl (C=O) groups excluding carboxylic acids is 1. The average molecular weight is 326 g/mol. The number of likely N-dealkylation sites (N-methyl/N-ethyl adjacent to an activating group) is 1. The van der Waals surface area contributed by atoms with Gasteiger partial charge < -0.3 is 9.94 Å². The van der Waals surface area contributed by atoms with Gasteiger partial charge in [0.15, 0.2) is 12.8 Å². The number of hydroxylamine groups is 2. The fourth-order valence-electron chi connectivity index (χ4n) is 0.912. The molecule has 0 aliphatic heterocycles. The van der Waals surface area contributed by atoms with Crippen LogP contribution in [0.4, 0.5) is 0 Å². The molecule has 0 unspecified atom stereocenters. The van der Waals surface area contributed by atoms with Crippen LogP contribution in [0.25, 0.3) is 0 Å². The van der Waals surface area contributed by atoms with E-state index in [0.29, 0.717) is 15.0 Å². The fraction of sp³-hybridized carbons (Fsp3) is 0.333. The van der Waals surface area contributed by atoms with Crippen LogP contribution in [0.5, 0.6) is 5.75 Å². The standard InChI is InChI=1S/C9H10BrClN2O4/c1-12(16-2)9(14)5-17-7-3-8(11)13(15)4-6(7)10/h3-4H,5H2,1-2H3. The van der Waals surface area contributed by atoms with E-state index in [1.165, 1.54) is 26.4 Å². The molecule has 94 valence electrons. The van der Waals surface area contributed by atoms with Crippen molar-refractivity contribution in [3.05, 3.63) is 27.1 Å². The van der Waals surface area contributed by atoms with E-state index in [1.54, 1.807) is 0 Å². The molecule has 0 aliphatic carbocycles. The van der Waals surface area contributed by atoms with Gasteiger partial charge in [0.25, 0.3) is 11.1 Å². The molecule has 1 aromatic heterocycles. The minimum Gasteiger partial charge on any atom is -0.618 e. The lowest BCUT2D eigenvalue weighted by molar-refractivity contribution is -0.603. The summed E-state index contributed by atoms with van der Waals surface area (Å²) in [7, 11) is 2.83. The van der Waals surface area contributed by atoms with Crippen LogP contribution in [0.15, 0.2) is 16.7 Å². The van der Waals surface area contributed by atoms with Crippen molar-refractivity contribution in [2.75, 3.05) is 20.8 Å². The van der Waals surface area contributed by atoms with E-state index >= 15 is 0 Å². The summed E-state index contributed by atoms with van der Waals surface area (Å²) in [5.74, 6) is -0.0608. The Morgan fingerprint density at radius 3 is 2.94 bits per heavy atom. The highest BCUT2D eigenvalue weighted by molar-refractivity contribution is 9.10. The summed E-state index contributed by atoms with van der Waals surface area (Å²) in [4.78, 5) is 16.1. The third kappa shape index (κ3) is 3.72. The molecule has 17 heavy (non-hydrogen) atoms. The summed E-state index contributed by atoms with van der Waals surface area (Å²) in [6.45, 7) is -0.220. The van der Waals surface area contributed by atoms with E-state index in [1.807, 2.05) is 0 Å². The van der Waals surface area contributed by atoms with Crippen molar-refractivity contribution in [1.29, 1.82) is 0 Å². The molecule has 0 N–H and O–H groups in total. The minimum absolute atomic E-state index is 0.0456. The summed E-state index contributed by atoms with van der Waals surface area (Å²) in [5.41, 5.74) is 0. The monoisotopic (exact) mass is 324 g/mol. The third-order valence-corrected chi connectivity index (χ3v) is 2.77. The van der Waals surface area contributed by atoms with Crippen molar-refractivity contribution >= 4 is 33.4 Å². The van der Waals surface area contributed by atoms with Gasteiger partial charge in [0.1, 0.15) is 10.2 Å². The first-order valence-corrected chi connectivity index (χ1v) is 5.64. The minimum atomic E-state index is -0.366. The Morgan fingerprint density at radius 1 is 1.71 bits per heavy atom. The number of pyridine rings is 1. The normalized spacial score (nSPS) is 10.1. The predicted octanol–water partition coefficient (Wildman–Crippen LogP) is 1.13. The van der Waals surface area contributed by atoms with E-state index < -0.39 is 0 Å². The second-order valence-corrected chi connectivity index (χ2v) is 4.24. The SMILES string of the molecule is CON(C)C(=O)COc1cc(Cl)[n+]([O-])cc1Br. The molecule has 0 atom stereocenters. The van der Waals surface area contributed by atoms with Crippen molar-refractivity contribution in [2.45, 2.75) is 0 Å². The Morgan fingerprint density at radius 2 is 2.35 bits per heavy atom. The van der Waals surface area contributed by atoms with Gasteiger partial charge in [-0.2, -0.15) is 4.73 Å². The summed E-state index contributed by atoms with van der Waals surface area (Å²) in [5, 5.41) is 12.1. The quantitative estimate of drug-likeness (QED) is 0.360. The van der Waals surface area contributed by atoms with Crippen LogP contribution >= 0.6 is 27.5 Å². The summed E-state index contributed by atoms with van der Waals surface area (Å²) >= 11 is 8.75. The second-order valence-electron chi connectivity index (χ2n) is 3.00. The number of halogens is 2. The first-order valence-electron chi connectivity index (χ1n) is 4.47. The Hall–Kier alpha value is -1.05. The van der Waals surface area contributed by atoms with Crippen LogP contribution < -0.4 is 9.47 Å². The van der Waals surface area contributed by atoms with Crippen molar-refractivity contribution in [1.82, 2.24) is 5.06 Å². The maximum absolute atomic E-state index is 11.4. The number of nitrogens with zero attached hydrogens (tertiary/aromatic N) is 2. The molecule has 1 rings (SSSR count). The van der Waals surface area contributed by atoms with Crippen LogP contribution in [0, 0.1) is 5.21 Å². The van der Waals surface area contributed by atoms with Gasteiger partial charge in [-0.25, -0.2) is 5.06 Å². The molecule has 0 bridgehead atoms. The van der Waals surface area contributed by atoms with Gasteiger partial charge in [0.2, 0.25) is 0 Å². The van der Waals surface area contributed by atoms with Crippen LogP contribution in [-0.2, 0) is 9.63 Å². The van der Waals surface area contributed by atoms with E-state index in [-0.39, 0.29) is 17.7 Å². The molecule has 1 aromatic rings. The van der Waals surface area contributed by atoms with Gasteiger partial charge >= 0.3 is 0 Å². The van der Waals surface area contributed by atoms with E-state index in [9.17, 15) is 10.0 Å². The summed E-state index contributed by atoms with van der Waals surface area (Å²) in [6.07, 6.45) is 1.20. The number of carbonyl (C=O) groups is 1. The van der Waals surface area contributed by atoms with Crippen LogP contribution in [-0.4, -0.2) is 31.7 Å². The predicted molar refractivity (Wildman–Crippen MR) is 63.4 cm³/mol. The van der Waals surface area contributed by atoms with Gasteiger partial charge in [-0.15, -0.1) is 0 Å². The first kappa shape index (κ1) is 14.0. The molecule has 8 heteroatoms. The van der Waals surface area contributed by atoms with E-state index in [0.717, 1.165) is 5.06 Å². The highest BCUT2D eigenvalue weighted by Crippen LogP contribution is 2.25. The maximum Gasteiger partial charge on any atom is 0.290 e. The second kappa shape index (κ2) is 6.04. The van der Waals surface area contributed by atoms with Gasteiger partial charge in [0, 0.05) is 7.05 Å². The molecular weight excluding hydrogens is 315 g/mol. The molecule has 0 saturated carbocycles. The smallest absolute Gasteiger partial charge is 0.290 e. The van der Waals surface area contributed by atoms with E-state index in [2.05, 4.69) is 20.8 Å². The van der Waals surface area contributed by atoms with Gasteiger partial charge in [-0.3, -0.25) is 9.63 Å². The van der Waals surface area contributed by atoms with Gasteiger partial charge in [-0.05, 0) is 27.5 Å². The van der Waals surface area contributed by atoms with E-state index in [4.69, 9.17) is 16.3 Å². The molecule has 6 nitrogen and oxygen atoms in total. The van der Waals surface area contributed by atoms with Crippen molar-refractivity contribution < 1.29 is 19.1 Å². The maximum atomic E-state index is 11.4. The summed E-state index contributed by atoms with van der Waals surface area (Å²) in [6, 6.07) is 1.32. The number of aromatic nitrogens is 1. The highest BCUT2D eigenvalue weighted by atomic mass is 79.9. The highest BCUT2D eigenvalue weighted by Gasteiger charge is 2.14. The molecule has 0 fully saturated rings. The molecule has 0 aliphatic rings. The zero-order valence-corrected chi connectivity index (χ0v) is 11.5. The van der Waals surface area contributed by atoms with Crippen molar-refractivity contribution in [3.63, 3.8) is 0 Å². The number of ether oxygens (including phenoxy) is 1. The average Bonchev–Trinajstić information content (AvgIpc) is 2.30. The largest absolute Gasteiger partial charge is 0.618 e. The molecule has 0 saturated heterocycles. The Kier molecular flexibility index (Phi) is 4.98. The molecule has 1 heterocycles. The van der Waals surface area contributed by atoms with Crippen LogP contribution in [0.3, 0.4) is 0 Å². The lowest BCUT2D eigenvalue weighted by Gasteiger charge is -2.14. The number of rotatable bonds is 4. The van der Waals surface area contributed by atoms with Crippen molar-refractivity contribution in [3.8, 4) is 5.75 Å². The Bertz CT molecular complexity index is 430. The first-order chi connectivity index (χ1) is 7.95. The lowest BCUT2D eigenvalue weighted by atomic mass is 10.4. The molecule has 1 amide bonds. The Labute approximate surface area is 111 Å². The third-order valence-electron chi connectivity index (χ3n) is 1.90. The van der Waals surface area contributed by atoms with Crippen LogP contribution in [0.2, 0.25) is 5.15 Å². The Balaban J connectivity index is 2.70. The topological polar surface area (TPSA) is 65.7 Å². The summed E-state index contributed by atoms with van der Waals surface area (Å²) < 4.78 is 6.08. The lowest BCUT2D eigenvalue weighted by Crippen LogP contribution is -2.31. The zero-order chi connectivity index (χ0) is 13.0. The number of amides is 1. The van der Waals surface area contributed by atoms with Gasteiger partial charge in [0.05, 0.1) is 13.2 Å². The number of hydrogen-bond donors (Lipinski definition) is 0. The molecule has 0 spiro atoms. The molecular formula is C9H10BrClN2O4. The molecule has 0 aromatic carbocycles. The number of hydrogen-bond acceptors (Lipinski definition) is 4. The van der Waals surface area contributed by atoms with Crippen molar-refractivity contribution in [2.24, 2.45) is 0 Å². The van der Waals surface area contributed by atoms with Gasteiger partial charge in [-0.1, -0.05) is 0 Å².